The van der Waals surface area contributed by atoms with E-state index in [1.165, 1.54) is 35.3 Å². The Morgan fingerprint density at radius 2 is 2.07 bits per heavy atom. The molecule has 0 aliphatic carbocycles. The first kappa shape index (κ1) is 19.1. The maximum absolute atomic E-state index is 13.7. The molecule has 0 atom stereocenters. The average molecular weight is 429 g/mol. The van der Waals surface area contributed by atoms with Crippen molar-refractivity contribution in [3.05, 3.63) is 76.6 Å². The van der Waals surface area contributed by atoms with Crippen LogP contribution in [0, 0.1) is 5.82 Å². The predicted octanol–water partition coefficient (Wildman–Crippen LogP) is 5.05. The molecule has 4 rings (SSSR count). The van der Waals surface area contributed by atoms with Gasteiger partial charge in [-0.1, -0.05) is 23.7 Å². The number of amides is 1. The second-order valence-electron chi connectivity index (χ2n) is 5.93. The lowest BCUT2D eigenvalue weighted by Gasteiger charge is -2.06. The Balaban J connectivity index is 1.70. The molecule has 0 fully saturated rings. The number of nitrogens with zero attached hydrogens (tertiary/aromatic N) is 3. The summed E-state index contributed by atoms with van der Waals surface area (Å²) in [5.74, 6) is -0.0283. The maximum Gasteiger partial charge on any atom is 0.295 e. The Kier molecular flexibility index (Phi) is 5.28. The molecule has 6 nitrogen and oxygen atoms in total. The summed E-state index contributed by atoms with van der Waals surface area (Å²) in [7, 11) is 1.51. The van der Waals surface area contributed by atoms with E-state index in [0.717, 1.165) is 4.88 Å². The number of methoxy groups -OCH3 is 1. The van der Waals surface area contributed by atoms with Gasteiger partial charge >= 0.3 is 0 Å². The van der Waals surface area contributed by atoms with E-state index in [9.17, 15) is 9.18 Å². The summed E-state index contributed by atoms with van der Waals surface area (Å²) in [6.45, 7) is 0. The van der Waals surface area contributed by atoms with Gasteiger partial charge in [0.15, 0.2) is 5.82 Å². The molecule has 9 heteroatoms. The van der Waals surface area contributed by atoms with Crippen LogP contribution < -0.4 is 10.1 Å². The van der Waals surface area contributed by atoms with Gasteiger partial charge in [0, 0.05) is 5.69 Å². The van der Waals surface area contributed by atoms with Crippen LogP contribution in [0.2, 0.25) is 5.02 Å². The van der Waals surface area contributed by atoms with E-state index in [0.29, 0.717) is 28.0 Å². The second-order valence-corrected chi connectivity index (χ2v) is 7.29. The summed E-state index contributed by atoms with van der Waals surface area (Å²) in [4.78, 5) is 17.9. The molecule has 2 aromatic heterocycles. The fraction of sp³-hybridized carbons (Fsp3) is 0.0500. The first-order chi connectivity index (χ1) is 14.0. The molecule has 0 saturated carbocycles. The summed E-state index contributed by atoms with van der Waals surface area (Å²) in [6.07, 6.45) is 0. The van der Waals surface area contributed by atoms with E-state index in [1.807, 2.05) is 17.5 Å². The van der Waals surface area contributed by atoms with Gasteiger partial charge in [0.2, 0.25) is 5.82 Å². The third-order valence-electron chi connectivity index (χ3n) is 4.01. The van der Waals surface area contributed by atoms with Crippen LogP contribution in [-0.2, 0) is 0 Å². The highest BCUT2D eigenvalue weighted by Gasteiger charge is 2.20. The Bertz CT molecular complexity index is 1180. The summed E-state index contributed by atoms with van der Waals surface area (Å²) in [5, 5.41) is 9.27. The van der Waals surface area contributed by atoms with Gasteiger partial charge in [0.1, 0.15) is 11.6 Å². The average Bonchev–Trinajstić information content (AvgIpc) is 3.38. The summed E-state index contributed by atoms with van der Waals surface area (Å²) < 4.78 is 20.3. The zero-order valence-corrected chi connectivity index (χ0v) is 16.7. The molecule has 0 spiro atoms. The van der Waals surface area contributed by atoms with E-state index in [4.69, 9.17) is 16.3 Å². The number of aromatic nitrogens is 3. The molecular formula is C20H14ClFN4O2S. The third-order valence-corrected chi connectivity index (χ3v) is 5.18. The fourth-order valence-corrected chi connectivity index (χ4v) is 3.65. The molecular weight excluding hydrogens is 415 g/mol. The van der Waals surface area contributed by atoms with Crippen LogP contribution in [0.4, 0.5) is 10.1 Å². The highest BCUT2D eigenvalue weighted by Crippen LogP contribution is 2.28. The second kappa shape index (κ2) is 8.02. The zero-order chi connectivity index (χ0) is 20.4. The topological polar surface area (TPSA) is 69.0 Å². The van der Waals surface area contributed by atoms with Crippen molar-refractivity contribution in [2.24, 2.45) is 0 Å². The van der Waals surface area contributed by atoms with Gasteiger partial charge in [-0.05, 0) is 47.8 Å². The van der Waals surface area contributed by atoms with Crippen molar-refractivity contribution in [3.8, 4) is 22.1 Å². The quantitative estimate of drug-likeness (QED) is 0.483. The standard InChI is InChI=1S/C20H14ClFN4O2S/c1-28-16-8-7-13(11-15(16)21)23-20(27)18-24-19(17-6-3-9-29-17)26(25-18)14-5-2-4-12(22)10-14/h2-11H,1H3,(H,23,27). The summed E-state index contributed by atoms with van der Waals surface area (Å²) in [6, 6.07) is 14.5. The van der Waals surface area contributed by atoms with Gasteiger partial charge < -0.3 is 10.1 Å². The number of rotatable bonds is 5. The lowest BCUT2D eigenvalue weighted by atomic mass is 10.3. The number of hydrogen-bond acceptors (Lipinski definition) is 5. The van der Waals surface area contributed by atoms with E-state index in [-0.39, 0.29) is 5.82 Å². The van der Waals surface area contributed by atoms with Crippen molar-refractivity contribution in [2.45, 2.75) is 0 Å². The zero-order valence-electron chi connectivity index (χ0n) is 15.1. The highest BCUT2D eigenvalue weighted by molar-refractivity contribution is 7.13. The van der Waals surface area contributed by atoms with Gasteiger partial charge in [-0.2, -0.15) is 0 Å². The van der Waals surface area contributed by atoms with E-state index >= 15 is 0 Å². The molecule has 0 saturated heterocycles. The van der Waals surface area contributed by atoms with Crippen molar-refractivity contribution in [1.82, 2.24) is 14.8 Å². The Morgan fingerprint density at radius 1 is 1.21 bits per heavy atom. The number of anilines is 1. The number of hydrogen-bond donors (Lipinski definition) is 1. The first-order valence-electron chi connectivity index (χ1n) is 8.47. The third kappa shape index (κ3) is 3.98. The lowest BCUT2D eigenvalue weighted by molar-refractivity contribution is 0.101. The number of thiophene rings is 1. The van der Waals surface area contributed by atoms with E-state index in [2.05, 4.69) is 15.4 Å². The minimum absolute atomic E-state index is 0.0513. The molecule has 0 aliphatic heterocycles. The number of nitrogens with one attached hydrogen (secondary N) is 1. The molecule has 2 aromatic carbocycles. The molecule has 1 N–H and O–H groups in total. The van der Waals surface area contributed by atoms with Crippen LogP contribution in [0.5, 0.6) is 5.75 Å². The van der Waals surface area contributed by atoms with Crippen molar-refractivity contribution >= 4 is 34.5 Å². The van der Waals surface area contributed by atoms with Crippen LogP contribution >= 0.6 is 22.9 Å². The van der Waals surface area contributed by atoms with Crippen LogP contribution in [0.1, 0.15) is 10.6 Å². The summed E-state index contributed by atoms with van der Waals surface area (Å²) in [5.41, 5.74) is 0.938. The Morgan fingerprint density at radius 3 is 2.76 bits per heavy atom. The Hall–Kier alpha value is -3.23. The van der Waals surface area contributed by atoms with Crippen LogP contribution in [0.3, 0.4) is 0 Å². The number of benzene rings is 2. The number of halogens is 2. The fourth-order valence-electron chi connectivity index (χ4n) is 2.69. The minimum Gasteiger partial charge on any atom is -0.495 e. The largest absolute Gasteiger partial charge is 0.495 e. The van der Waals surface area contributed by atoms with Crippen molar-refractivity contribution in [2.75, 3.05) is 12.4 Å². The predicted molar refractivity (Wildman–Crippen MR) is 111 cm³/mol. The van der Waals surface area contributed by atoms with Gasteiger partial charge in [0.25, 0.3) is 5.91 Å². The molecule has 0 aliphatic rings. The molecule has 0 unspecified atom stereocenters. The lowest BCUT2D eigenvalue weighted by Crippen LogP contribution is -2.14. The van der Waals surface area contributed by atoms with Crippen molar-refractivity contribution in [1.29, 1.82) is 0 Å². The van der Waals surface area contributed by atoms with Crippen molar-refractivity contribution < 1.29 is 13.9 Å². The maximum atomic E-state index is 13.7. The van der Waals surface area contributed by atoms with E-state index in [1.54, 1.807) is 30.3 Å². The molecule has 146 valence electrons. The number of ether oxygens (including phenoxy) is 1. The number of carbonyl (C=O) groups is 1. The molecule has 0 bridgehead atoms. The molecule has 2 heterocycles. The van der Waals surface area contributed by atoms with Gasteiger partial charge in [-0.25, -0.2) is 14.1 Å². The van der Waals surface area contributed by atoms with Crippen LogP contribution in [0.25, 0.3) is 16.4 Å². The van der Waals surface area contributed by atoms with Gasteiger partial charge in [-0.15, -0.1) is 16.4 Å². The molecule has 0 radical (unpaired) electrons. The van der Waals surface area contributed by atoms with Crippen LogP contribution in [0.15, 0.2) is 60.0 Å². The molecule has 29 heavy (non-hydrogen) atoms. The normalized spacial score (nSPS) is 10.7. The SMILES string of the molecule is COc1ccc(NC(=O)c2nc(-c3cccs3)n(-c3cccc(F)c3)n2)cc1Cl. The van der Waals surface area contributed by atoms with Gasteiger partial charge in [0.05, 0.1) is 22.7 Å². The van der Waals surface area contributed by atoms with Gasteiger partial charge in [-0.3, -0.25) is 4.79 Å². The van der Waals surface area contributed by atoms with Crippen molar-refractivity contribution in [3.63, 3.8) is 0 Å². The summed E-state index contributed by atoms with van der Waals surface area (Å²) >= 11 is 7.55. The minimum atomic E-state index is -0.515. The first-order valence-corrected chi connectivity index (χ1v) is 9.72. The number of carbonyl (C=O) groups excluding carboxylic acids is 1. The van der Waals surface area contributed by atoms with Crippen LogP contribution in [-0.4, -0.2) is 27.8 Å². The highest BCUT2D eigenvalue weighted by atomic mass is 35.5. The Labute approximate surface area is 174 Å². The molecule has 4 aromatic rings. The molecule has 1 amide bonds. The monoisotopic (exact) mass is 428 g/mol. The smallest absolute Gasteiger partial charge is 0.295 e. The van der Waals surface area contributed by atoms with E-state index < -0.39 is 11.7 Å².